The van der Waals surface area contributed by atoms with Gasteiger partial charge in [0.05, 0.1) is 10.2 Å². The van der Waals surface area contributed by atoms with Gasteiger partial charge in [0.15, 0.2) is 5.13 Å². The van der Waals surface area contributed by atoms with E-state index in [-0.39, 0.29) is 0 Å². The van der Waals surface area contributed by atoms with E-state index < -0.39 is 10.2 Å². The molecule has 2 heterocycles. The zero-order valence-electron chi connectivity index (χ0n) is 14.2. The van der Waals surface area contributed by atoms with Gasteiger partial charge in [0.25, 0.3) is 0 Å². The fourth-order valence-corrected chi connectivity index (χ4v) is 5.61. The maximum Gasteiger partial charge on any atom is 0.303 e. The molecule has 0 unspecified atom stereocenters. The Labute approximate surface area is 152 Å². The van der Waals surface area contributed by atoms with Crippen molar-refractivity contribution in [1.82, 2.24) is 14.6 Å². The van der Waals surface area contributed by atoms with E-state index in [4.69, 9.17) is 0 Å². The number of thioether (sulfide) groups is 1. The molecule has 3 rings (SSSR count). The minimum absolute atomic E-state index is 0.438. The number of benzene rings is 1. The average molecular weight is 389 g/mol. The van der Waals surface area contributed by atoms with Crippen molar-refractivity contribution in [1.29, 1.82) is 0 Å². The summed E-state index contributed by atoms with van der Waals surface area (Å²) in [6, 6.07) is 5.92. The summed E-state index contributed by atoms with van der Waals surface area (Å²) in [7, 11) is 0.250. The minimum atomic E-state index is -3.50. The number of rotatable bonds is 3. The lowest BCUT2D eigenvalue weighted by atomic mass is 10.2. The lowest BCUT2D eigenvalue weighted by Gasteiger charge is -2.19. The van der Waals surface area contributed by atoms with Crippen LogP contribution < -0.4 is 10.0 Å². The molecule has 1 aliphatic heterocycles. The van der Waals surface area contributed by atoms with Crippen LogP contribution in [0.15, 0.2) is 18.2 Å². The summed E-state index contributed by atoms with van der Waals surface area (Å²) >= 11 is 3.17. The van der Waals surface area contributed by atoms with Crippen molar-refractivity contribution in [3.05, 3.63) is 23.8 Å². The van der Waals surface area contributed by atoms with Crippen molar-refractivity contribution in [2.75, 3.05) is 43.4 Å². The normalized spacial score (nSPS) is 16.3. The Morgan fingerprint density at radius 1 is 1.21 bits per heavy atom. The molecule has 24 heavy (non-hydrogen) atoms. The highest BCUT2D eigenvalue weighted by molar-refractivity contribution is 7.99. The first-order valence-electron chi connectivity index (χ1n) is 7.77. The van der Waals surface area contributed by atoms with Crippen LogP contribution in [0.4, 0.5) is 5.13 Å². The van der Waals surface area contributed by atoms with Crippen LogP contribution in [0, 0.1) is 6.92 Å². The number of aromatic nitrogens is 1. The first kappa shape index (κ1) is 19.5. The number of thiazole rings is 1. The summed E-state index contributed by atoms with van der Waals surface area (Å²) in [5.41, 5.74) is 1.97. The van der Waals surface area contributed by atoms with Crippen LogP contribution in [0.25, 0.3) is 10.2 Å². The number of hydrogen-bond acceptors (Lipinski definition) is 6. The second-order valence-electron chi connectivity index (χ2n) is 5.46. The summed E-state index contributed by atoms with van der Waals surface area (Å²) in [4.78, 5) is 4.35. The Balaban J connectivity index is 0.000000647. The fourth-order valence-electron chi connectivity index (χ4n) is 2.21. The lowest BCUT2D eigenvalue weighted by Crippen LogP contribution is -2.37. The molecule has 1 aromatic heterocycles. The maximum absolute atomic E-state index is 12.4. The number of anilines is 1. The quantitative estimate of drug-likeness (QED) is 0.845. The molecule has 2 aromatic rings. The van der Waals surface area contributed by atoms with E-state index >= 15 is 0 Å². The molecule has 0 spiro atoms. The monoisotopic (exact) mass is 388 g/mol. The largest absolute Gasteiger partial charge is 0.323 e. The molecule has 0 radical (unpaired) electrons. The molecule has 2 N–H and O–H groups in total. The van der Waals surface area contributed by atoms with Gasteiger partial charge in [-0.2, -0.15) is 24.5 Å². The molecule has 0 saturated carbocycles. The Hall–Kier alpha value is -0.870. The van der Waals surface area contributed by atoms with Gasteiger partial charge in [-0.1, -0.05) is 17.4 Å². The van der Waals surface area contributed by atoms with Crippen LogP contribution in [0.5, 0.6) is 0 Å². The highest BCUT2D eigenvalue weighted by Crippen LogP contribution is 2.28. The molecule has 9 heteroatoms. The summed E-state index contributed by atoms with van der Waals surface area (Å²) < 4.78 is 30.0. The van der Waals surface area contributed by atoms with Crippen molar-refractivity contribution in [3.8, 4) is 0 Å². The summed E-state index contributed by atoms with van der Waals surface area (Å²) in [5, 5.41) is 3.19. The van der Waals surface area contributed by atoms with Crippen molar-refractivity contribution in [2.45, 2.75) is 13.3 Å². The number of nitrogens with zero attached hydrogens (tertiary/aromatic N) is 2. The minimum Gasteiger partial charge on any atom is -0.323 e. The Kier molecular flexibility index (Phi) is 7.30. The van der Waals surface area contributed by atoms with E-state index in [1.165, 1.54) is 15.6 Å². The second kappa shape index (κ2) is 9.00. The molecular weight excluding hydrogens is 364 g/mol. The molecule has 134 valence electrons. The topological polar surface area (TPSA) is 74.3 Å². The van der Waals surface area contributed by atoms with Gasteiger partial charge in [0.2, 0.25) is 0 Å². The SMILES string of the molecule is CNC.Cc1ccc2nc(NS(=O)(=O)N3CCCSCC3)sc2c1. The molecule has 0 amide bonds. The smallest absolute Gasteiger partial charge is 0.303 e. The van der Waals surface area contributed by atoms with Crippen LogP contribution in [-0.4, -0.2) is 56.4 Å². The van der Waals surface area contributed by atoms with Gasteiger partial charge in [0, 0.05) is 18.8 Å². The van der Waals surface area contributed by atoms with Crippen molar-refractivity contribution in [2.24, 2.45) is 0 Å². The van der Waals surface area contributed by atoms with Gasteiger partial charge in [-0.15, -0.1) is 0 Å². The Morgan fingerprint density at radius 3 is 2.71 bits per heavy atom. The van der Waals surface area contributed by atoms with Crippen LogP contribution in [-0.2, 0) is 10.2 Å². The zero-order chi connectivity index (χ0) is 17.6. The van der Waals surface area contributed by atoms with E-state index in [1.807, 2.05) is 39.2 Å². The predicted octanol–water partition coefficient (Wildman–Crippen LogP) is 2.54. The summed E-state index contributed by atoms with van der Waals surface area (Å²) in [6.07, 6.45) is 0.893. The molecule has 1 saturated heterocycles. The fraction of sp³-hybridized carbons (Fsp3) is 0.533. The van der Waals surface area contributed by atoms with Crippen molar-refractivity contribution >= 4 is 48.7 Å². The standard InChI is InChI=1S/C13H17N3O2S3.C2H7N/c1-10-3-4-11-12(9-10)20-13(14-11)15-21(17,18)16-5-2-7-19-8-6-16;1-3-2/h3-4,9H,2,5-8H2,1H3,(H,14,15);3H,1-2H3. The van der Waals surface area contributed by atoms with E-state index in [0.29, 0.717) is 18.2 Å². The van der Waals surface area contributed by atoms with Gasteiger partial charge in [-0.3, -0.25) is 0 Å². The molecular formula is C15H24N4O2S3. The molecule has 0 atom stereocenters. The number of hydrogen-bond donors (Lipinski definition) is 2. The van der Waals surface area contributed by atoms with E-state index in [1.54, 1.807) is 11.8 Å². The second-order valence-corrected chi connectivity index (χ2v) is 9.39. The highest BCUT2D eigenvalue weighted by atomic mass is 32.2. The third kappa shape index (κ3) is 5.32. The van der Waals surface area contributed by atoms with E-state index in [9.17, 15) is 8.42 Å². The van der Waals surface area contributed by atoms with Crippen LogP contribution in [0.2, 0.25) is 0 Å². The number of aryl methyl sites for hydroxylation is 1. The maximum atomic E-state index is 12.4. The van der Waals surface area contributed by atoms with Gasteiger partial charge in [-0.25, -0.2) is 9.71 Å². The average Bonchev–Trinajstić information content (AvgIpc) is 2.73. The molecule has 1 aromatic carbocycles. The van der Waals surface area contributed by atoms with E-state index in [2.05, 4.69) is 15.0 Å². The van der Waals surface area contributed by atoms with Crippen molar-refractivity contribution in [3.63, 3.8) is 0 Å². The third-order valence-corrected chi connectivity index (χ3v) is 6.89. The molecule has 0 aliphatic carbocycles. The molecule has 6 nitrogen and oxygen atoms in total. The summed E-state index contributed by atoms with van der Waals surface area (Å²) in [5.74, 6) is 1.87. The predicted molar refractivity (Wildman–Crippen MR) is 105 cm³/mol. The van der Waals surface area contributed by atoms with Gasteiger partial charge >= 0.3 is 10.2 Å². The highest BCUT2D eigenvalue weighted by Gasteiger charge is 2.24. The van der Waals surface area contributed by atoms with Crippen molar-refractivity contribution < 1.29 is 8.42 Å². The third-order valence-electron chi connectivity index (χ3n) is 3.28. The molecule has 0 bridgehead atoms. The van der Waals surface area contributed by atoms with Gasteiger partial charge in [0.1, 0.15) is 0 Å². The van der Waals surface area contributed by atoms with Crippen LogP contribution in [0.3, 0.4) is 0 Å². The molecule has 1 fully saturated rings. The zero-order valence-corrected chi connectivity index (χ0v) is 16.7. The lowest BCUT2D eigenvalue weighted by molar-refractivity contribution is 0.439. The first-order chi connectivity index (χ1) is 11.5. The first-order valence-corrected chi connectivity index (χ1v) is 11.2. The summed E-state index contributed by atoms with van der Waals surface area (Å²) in [6.45, 7) is 3.15. The Morgan fingerprint density at radius 2 is 1.96 bits per heavy atom. The van der Waals surface area contributed by atoms with Gasteiger partial charge < -0.3 is 5.32 Å². The number of nitrogens with one attached hydrogen (secondary N) is 2. The van der Waals surface area contributed by atoms with Gasteiger partial charge in [-0.05, 0) is 50.9 Å². The number of fused-ring (bicyclic) bond motifs is 1. The molecule has 1 aliphatic rings. The Bertz CT molecular complexity index is 753. The van der Waals surface area contributed by atoms with Crippen LogP contribution >= 0.6 is 23.1 Å². The van der Waals surface area contributed by atoms with Crippen LogP contribution in [0.1, 0.15) is 12.0 Å². The van der Waals surface area contributed by atoms with E-state index in [0.717, 1.165) is 33.7 Å².